The van der Waals surface area contributed by atoms with E-state index in [2.05, 4.69) is 20.8 Å². The summed E-state index contributed by atoms with van der Waals surface area (Å²) >= 11 is 0. The van der Waals surface area contributed by atoms with Crippen LogP contribution in [0.5, 0.6) is 0 Å². The van der Waals surface area contributed by atoms with Gasteiger partial charge in [0.25, 0.3) is 0 Å². The molecule has 0 heterocycles. The number of hydrogen-bond donors (Lipinski definition) is 0. The fourth-order valence-corrected chi connectivity index (χ4v) is 2.07. The van der Waals surface area contributed by atoms with Crippen LogP contribution in [-0.2, 0) is 4.79 Å². The zero-order chi connectivity index (χ0) is 11.0. The Morgan fingerprint density at radius 1 is 1.36 bits per heavy atom. The van der Waals surface area contributed by atoms with Crippen LogP contribution >= 0.6 is 0 Å². The highest BCUT2D eigenvalue weighted by molar-refractivity contribution is 5.72. The van der Waals surface area contributed by atoms with Crippen LogP contribution in [0.1, 0.15) is 47.0 Å². The highest BCUT2D eigenvalue weighted by atomic mass is 16.2. The van der Waals surface area contributed by atoms with Crippen molar-refractivity contribution in [1.82, 2.24) is 4.90 Å². The largest absolute Gasteiger partial charge is 0.346 e. The first-order valence-corrected chi connectivity index (χ1v) is 5.50. The van der Waals surface area contributed by atoms with E-state index in [0.29, 0.717) is 10.8 Å². The Morgan fingerprint density at radius 3 is 2.14 bits per heavy atom. The van der Waals surface area contributed by atoms with E-state index in [-0.39, 0.29) is 5.91 Å². The minimum atomic E-state index is 0.176. The summed E-state index contributed by atoms with van der Waals surface area (Å²) in [6.07, 6.45) is 3.83. The average Bonchev–Trinajstić information content (AvgIpc) is 2.78. The van der Waals surface area contributed by atoms with Crippen molar-refractivity contribution in [2.24, 2.45) is 10.8 Å². The Morgan fingerprint density at radius 2 is 1.86 bits per heavy atom. The molecule has 0 N–H and O–H groups in total. The molecule has 82 valence electrons. The van der Waals surface area contributed by atoms with Crippen LogP contribution in [0.25, 0.3) is 0 Å². The normalized spacial score (nSPS) is 19.2. The Kier molecular flexibility index (Phi) is 2.93. The van der Waals surface area contributed by atoms with Crippen molar-refractivity contribution < 1.29 is 4.79 Å². The lowest BCUT2D eigenvalue weighted by Gasteiger charge is -2.32. The molecule has 2 nitrogen and oxygen atoms in total. The molecule has 1 amide bonds. The molecule has 0 atom stereocenters. The van der Waals surface area contributed by atoms with Gasteiger partial charge in [-0.15, -0.1) is 0 Å². The van der Waals surface area contributed by atoms with Gasteiger partial charge in [0.05, 0.1) is 0 Å². The standard InChI is InChI=1S/C12H23NO/c1-10(14)13(5)9-8-12(6-7-12)11(2,3)4/h6-9H2,1-5H3. The lowest BCUT2D eigenvalue weighted by atomic mass is 9.75. The van der Waals surface area contributed by atoms with E-state index in [9.17, 15) is 4.79 Å². The molecule has 0 bridgehead atoms. The minimum absolute atomic E-state index is 0.176. The van der Waals surface area contributed by atoms with Crippen LogP contribution in [0.2, 0.25) is 0 Å². The topological polar surface area (TPSA) is 20.3 Å². The lowest BCUT2D eigenvalue weighted by Crippen LogP contribution is -2.30. The van der Waals surface area contributed by atoms with Crippen molar-refractivity contribution >= 4 is 5.91 Å². The molecule has 1 aliphatic carbocycles. The molecule has 1 aliphatic rings. The van der Waals surface area contributed by atoms with Crippen molar-refractivity contribution in [3.05, 3.63) is 0 Å². The van der Waals surface area contributed by atoms with E-state index in [4.69, 9.17) is 0 Å². The molecule has 0 aromatic carbocycles. The smallest absolute Gasteiger partial charge is 0.219 e. The van der Waals surface area contributed by atoms with Crippen molar-refractivity contribution in [3.8, 4) is 0 Å². The van der Waals surface area contributed by atoms with E-state index in [1.165, 1.54) is 12.8 Å². The van der Waals surface area contributed by atoms with Gasteiger partial charge in [-0.2, -0.15) is 0 Å². The first kappa shape index (κ1) is 11.5. The number of carbonyl (C=O) groups excluding carboxylic acids is 1. The molecule has 0 spiro atoms. The number of hydrogen-bond acceptors (Lipinski definition) is 1. The van der Waals surface area contributed by atoms with Crippen molar-refractivity contribution in [2.45, 2.75) is 47.0 Å². The van der Waals surface area contributed by atoms with Crippen LogP contribution in [0.3, 0.4) is 0 Å². The molecule has 0 aromatic rings. The third kappa shape index (κ3) is 2.28. The van der Waals surface area contributed by atoms with Gasteiger partial charge in [0.1, 0.15) is 0 Å². The van der Waals surface area contributed by atoms with E-state index in [1.807, 2.05) is 11.9 Å². The first-order chi connectivity index (χ1) is 6.28. The zero-order valence-electron chi connectivity index (χ0n) is 10.2. The SMILES string of the molecule is CC(=O)N(C)CCC1(C(C)(C)C)CC1. The predicted octanol–water partition coefficient (Wildman–Crippen LogP) is 2.68. The predicted molar refractivity (Wildman–Crippen MR) is 59.1 cm³/mol. The van der Waals surface area contributed by atoms with E-state index < -0.39 is 0 Å². The Bertz CT molecular complexity index is 223. The molecule has 0 unspecified atom stereocenters. The molecular weight excluding hydrogens is 174 g/mol. The summed E-state index contributed by atoms with van der Waals surface area (Å²) in [6.45, 7) is 9.48. The van der Waals surface area contributed by atoms with Gasteiger partial charge >= 0.3 is 0 Å². The molecule has 1 rings (SSSR count). The van der Waals surface area contributed by atoms with Crippen LogP contribution in [-0.4, -0.2) is 24.4 Å². The summed E-state index contributed by atoms with van der Waals surface area (Å²) in [5, 5.41) is 0. The fourth-order valence-electron chi connectivity index (χ4n) is 2.07. The highest BCUT2D eigenvalue weighted by Crippen LogP contribution is 2.60. The van der Waals surface area contributed by atoms with Gasteiger partial charge in [0.15, 0.2) is 0 Å². The summed E-state index contributed by atoms with van der Waals surface area (Å²) in [5.74, 6) is 0.176. The molecule has 0 saturated heterocycles. The van der Waals surface area contributed by atoms with Gasteiger partial charge in [-0.3, -0.25) is 4.79 Å². The summed E-state index contributed by atoms with van der Waals surface area (Å²) < 4.78 is 0. The van der Waals surface area contributed by atoms with Crippen molar-refractivity contribution in [2.75, 3.05) is 13.6 Å². The quantitative estimate of drug-likeness (QED) is 0.681. The summed E-state index contributed by atoms with van der Waals surface area (Å²) in [7, 11) is 1.89. The molecule has 2 heteroatoms. The first-order valence-electron chi connectivity index (χ1n) is 5.50. The third-order valence-electron chi connectivity index (χ3n) is 3.91. The maximum absolute atomic E-state index is 11.1. The Balaban J connectivity index is 2.42. The second-order valence-corrected chi connectivity index (χ2v) is 5.72. The number of amides is 1. The van der Waals surface area contributed by atoms with Gasteiger partial charge in [-0.05, 0) is 30.1 Å². The average molecular weight is 197 g/mol. The van der Waals surface area contributed by atoms with Gasteiger partial charge in [-0.25, -0.2) is 0 Å². The minimum Gasteiger partial charge on any atom is -0.346 e. The maximum Gasteiger partial charge on any atom is 0.219 e. The van der Waals surface area contributed by atoms with Crippen LogP contribution < -0.4 is 0 Å². The molecule has 1 fully saturated rings. The number of carbonyl (C=O) groups is 1. The fraction of sp³-hybridized carbons (Fsp3) is 0.917. The van der Waals surface area contributed by atoms with Gasteiger partial charge in [0.2, 0.25) is 5.91 Å². The highest BCUT2D eigenvalue weighted by Gasteiger charge is 2.51. The molecule has 0 radical (unpaired) electrons. The summed E-state index contributed by atoms with van der Waals surface area (Å²) in [5.41, 5.74) is 0.904. The summed E-state index contributed by atoms with van der Waals surface area (Å²) in [6, 6.07) is 0. The lowest BCUT2D eigenvalue weighted by molar-refractivity contribution is -0.127. The number of nitrogens with zero attached hydrogens (tertiary/aromatic N) is 1. The van der Waals surface area contributed by atoms with Gasteiger partial charge < -0.3 is 4.90 Å². The monoisotopic (exact) mass is 197 g/mol. The molecular formula is C12H23NO. The number of rotatable bonds is 3. The van der Waals surface area contributed by atoms with Gasteiger partial charge in [0, 0.05) is 20.5 Å². The molecule has 14 heavy (non-hydrogen) atoms. The molecule has 1 saturated carbocycles. The molecule has 0 aliphatic heterocycles. The van der Waals surface area contributed by atoms with E-state index in [0.717, 1.165) is 13.0 Å². The van der Waals surface area contributed by atoms with E-state index >= 15 is 0 Å². The molecule has 0 aromatic heterocycles. The summed E-state index contributed by atoms with van der Waals surface area (Å²) in [4.78, 5) is 12.9. The van der Waals surface area contributed by atoms with E-state index in [1.54, 1.807) is 6.92 Å². The van der Waals surface area contributed by atoms with Crippen LogP contribution in [0.4, 0.5) is 0 Å². The van der Waals surface area contributed by atoms with Gasteiger partial charge in [-0.1, -0.05) is 20.8 Å². The maximum atomic E-state index is 11.1. The Labute approximate surface area is 87.7 Å². The second kappa shape index (κ2) is 3.56. The van der Waals surface area contributed by atoms with Crippen molar-refractivity contribution in [3.63, 3.8) is 0 Å². The van der Waals surface area contributed by atoms with Crippen LogP contribution in [0, 0.1) is 10.8 Å². The second-order valence-electron chi connectivity index (χ2n) is 5.72. The zero-order valence-corrected chi connectivity index (χ0v) is 10.2. The Hall–Kier alpha value is -0.530. The third-order valence-corrected chi connectivity index (χ3v) is 3.91. The van der Waals surface area contributed by atoms with Crippen LogP contribution in [0.15, 0.2) is 0 Å². The van der Waals surface area contributed by atoms with Crippen molar-refractivity contribution in [1.29, 1.82) is 0 Å².